The molecule has 0 spiro atoms. The van der Waals surface area contributed by atoms with Crippen LogP contribution in [0.1, 0.15) is 22.7 Å². The summed E-state index contributed by atoms with van der Waals surface area (Å²) in [6.07, 6.45) is 0. The molecule has 1 aliphatic heterocycles. The van der Waals surface area contributed by atoms with Crippen LogP contribution in [0, 0.1) is 6.92 Å². The summed E-state index contributed by atoms with van der Waals surface area (Å²) in [5, 5.41) is 12.0. The topological polar surface area (TPSA) is 85.3 Å². The number of rotatable bonds is 6. The van der Waals surface area contributed by atoms with E-state index in [1.54, 1.807) is 49.4 Å². The fraction of sp³-hybridized carbons (Fsp3) is 0.185. The number of Topliss-reactive ketones (excluding diaryl/α,β-unsaturated/α-hetero) is 1. The first-order valence-electron chi connectivity index (χ1n) is 10.8. The molecular weight excluding hydrogens is 505 g/mol. The molecule has 1 fully saturated rings. The van der Waals surface area contributed by atoms with Crippen LogP contribution in [0.25, 0.3) is 5.76 Å². The third-order valence-corrected chi connectivity index (χ3v) is 6.83. The van der Waals surface area contributed by atoms with Crippen LogP contribution < -0.4 is 19.1 Å². The number of benzene rings is 3. The first-order chi connectivity index (χ1) is 17.2. The van der Waals surface area contributed by atoms with E-state index >= 15 is 0 Å². The molecule has 1 aliphatic rings. The number of carbonyl (C=O) groups excluding carboxylic acids is 2. The molecule has 4 rings (SSSR count). The van der Waals surface area contributed by atoms with Gasteiger partial charge in [0.05, 0.1) is 38.0 Å². The van der Waals surface area contributed by atoms with Crippen molar-refractivity contribution in [2.45, 2.75) is 13.0 Å². The number of methoxy groups -OCH3 is 3. The van der Waals surface area contributed by atoms with Gasteiger partial charge in [0.1, 0.15) is 11.5 Å². The molecule has 0 aromatic heterocycles. The van der Waals surface area contributed by atoms with E-state index in [1.165, 1.54) is 38.4 Å². The van der Waals surface area contributed by atoms with Crippen LogP contribution in [-0.4, -0.2) is 38.1 Å². The van der Waals surface area contributed by atoms with Crippen LogP contribution >= 0.6 is 23.2 Å². The van der Waals surface area contributed by atoms with Crippen molar-refractivity contribution < 1.29 is 28.9 Å². The highest BCUT2D eigenvalue weighted by Crippen LogP contribution is 2.46. The monoisotopic (exact) mass is 527 g/mol. The molecule has 9 heteroatoms. The van der Waals surface area contributed by atoms with Gasteiger partial charge in [0.2, 0.25) is 0 Å². The van der Waals surface area contributed by atoms with Gasteiger partial charge in [-0.3, -0.25) is 14.5 Å². The number of ketones is 1. The molecule has 3 aromatic carbocycles. The van der Waals surface area contributed by atoms with Gasteiger partial charge in [0, 0.05) is 16.3 Å². The van der Waals surface area contributed by atoms with Crippen LogP contribution in [-0.2, 0) is 9.59 Å². The second-order valence-electron chi connectivity index (χ2n) is 8.01. The van der Waals surface area contributed by atoms with E-state index in [2.05, 4.69) is 0 Å². The molecule has 186 valence electrons. The predicted octanol–water partition coefficient (Wildman–Crippen LogP) is 5.95. The second kappa shape index (κ2) is 10.1. The average molecular weight is 528 g/mol. The Bertz CT molecular complexity index is 1400. The summed E-state index contributed by atoms with van der Waals surface area (Å²) < 4.78 is 16.1. The SMILES string of the molecule is COc1ccc(Cl)c(/C(O)=C2\C(=O)C(=O)N(c3cccc(Cl)c3C)C2c2ccc(OC)c(OC)c2)c1. The van der Waals surface area contributed by atoms with E-state index < -0.39 is 23.5 Å². The van der Waals surface area contributed by atoms with Crippen LogP contribution in [0.3, 0.4) is 0 Å². The molecule has 1 N–H and O–H groups in total. The predicted molar refractivity (Wildman–Crippen MR) is 139 cm³/mol. The minimum atomic E-state index is -1.01. The lowest BCUT2D eigenvalue weighted by atomic mass is 9.94. The van der Waals surface area contributed by atoms with E-state index in [4.69, 9.17) is 37.4 Å². The van der Waals surface area contributed by atoms with E-state index in [-0.39, 0.29) is 16.2 Å². The lowest BCUT2D eigenvalue weighted by molar-refractivity contribution is -0.132. The molecule has 1 atom stereocenters. The van der Waals surface area contributed by atoms with E-state index in [9.17, 15) is 14.7 Å². The number of aliphatic hydroxyl groups excluding tert-OH is 1. The molecule has 0 aliphatic carbocycles. The van der Waals surface area contributed by atoms with Gasteiger partial charge in [-0.15, -0.1) is 0 Å². The van der Waals surface area contributed by atoms with E-state index in [1.807, 2.05) is 0 Å². The number of halogens is 2. The lowest BCUT2D eigenvalue weighted by Crippen LogP contribution is -2.30. The number of hydrogen-bond donors (Lipinski definition) is 1. The molecule has 3 aromatic rings. The van der Waals surface area contributed by atoms with Crippen molar-refractivity contribution in [1.82, 2.24) is 0 Å². The fourth-order valence-corrected chi connectivity index (χ4v) is 4.61. The van der Waals surface area contributed by atoms with Gasteiger partial charge in [-0.1, -0.05) is 35.3 Å². The molecule has 1 heterocycles. The fourth-order valence-electron chi connectivity index (χ4n) is 4.23. The standard InChI is InChI=1S/C27H23Cl2NO6/c1-14-18(28)6-5-7-20(14)30-24(15-8-11-21(35-3)22(12-15)36-4)23(26(32)27(30)33)25(31)17-13-16(34-2)9-10-19(17)29/h5-13,24,31H,1-4H3/b25-23+. The normalized spacial score (nSPS) is 16.8. The Morgan fingerprint density at radius 2 is 1.61 bits per heavy atom. The van der Waals surface area contributed by atoms with Crippen LogP contribution in [0.5, 0.6) is 17.2 Å². The van der Waals surface area contributed by atoms with Gasteiger partial charge in [0.15, 0.2) is 11.5 Å². The molecule has 36 heavy (non-hydrogen) atoms. The summed E-state index contributed by atoms with van der Waals surface area (Å²) >= 11 is 12.7. The maximum absolute atomic E-state index is 13.5. The maximum atomic E-state index is 13.5. The van der Waals surface area contributed by atoms with Crippen molar-refractivity contribution in [2.24, 2.45) is 0 Å². The van der Waals surface area contributed by atoms with Crippen molar-refractivity contribution in [2.75, 3.05) is 26.2 Å². The number of nitrogens with zero attached hydrogens (tertiary/aromatic N) is 1. The third-order valence-electron chi connectivity index (χ3n) is 6.10. The number of ether oxygens (including phenoxy) is 3. The minimum Gasteiger partial charge on any atom is -0.507 e. The Morgan fingerprint density at radius 1 is 0.889 bits per heavy atom. The molecule has 1 unspecified atom stereocenters. The summed E-state index contributed by atoms with van der Waals surface area (Å²) in [4.78, 5) is 28.2. The molecule has 0 bridgehead atoms. The molecular formula is C27H23Cl2NO6. The van der Waals surface area contributed by atoms with E-state index in [0.29, 0.717) is 39.1 Å². The minimum absolute atomic E-state index is 0.137. The lowest BCUT2D eigenvalue weighted by Gasteiger charge is -2.27. The quantitative estimate of drug-likeness (QED) is 0.242. The van der Waals surface area contributed by atoms with Gasteiger partial charge >= 0.3 is 0 Å². The Kier molecular flexibility index (Phi) is 7.15. The first kappa shape index (κ1) is 25.4. The van der Waals surface area contributed by atoms with Gasteiger partial charge in [0.25, 0.3) is 11.7 Å². The number of aliphatic hydroxyl groups is 1. The average Bonchev–Trinajstić information content (AvgIpc) is 3.15. The Balaban J connectivity index is 2.03. The van der Waals surface area contributed by atoms with Gasteiger partial charge in [-0.2, -0.15) is 0 Å². The van der Waals surface area contributed by atoms with Crippen molar-refractivity contribution in [3.05, 3.63) is 86.9 Å². The van der Waals surface area contributed by atoms with Gasteiger partial charge in [-0.25, -0.2) is 0 Å². The summed E-state index contributed by atoms with van der Waals surface area (Å²) in [6.45, 7) is 1.75. The summed E-state index contributed by atoms with van der Waals surface area (Å²) in [7, 11) is 4.46. The largest absolute Gasteiger partial charge is 0.507 e. The van der Waals surface area contributed by atoms with Crippen LogP contribution in [0.4, 0.5) is 5.69 Å². The molecule has 1 amide bonds. The third kappa shape index (κ3) is 4.25. The highest BCUT2D eigenvalue weighted by atomic mass is 35.5. The van der Waals surface area contributed by atoms with Crippen molar-refractivity contribution in [1.29, 1.82) is 0 Å². The van der Waals surface area contributed by atoms with Gasteiger partial charge in [-0.05, 0) is 60.5 Å². The molecule has 0 saturated carbocycles. The maximum Gasteiger partial charge on any atom is 0.300 e. The zero-order chi connectivity index (χ0) is 26.1. The van der Waals surface area contributed by atoms with Crippen LogP contribution in [0.2, 0.25) is 10.0 Å². The van der Waals surface area contributed by atoms with Gasteiger partial charge < -0.3 is 19.3 Å². The highest BCUT2D eigenvalue weighted by Gasteiger charge is 2.48. The van der Waals surface area contributed by atoms with E-state index in [0.717, 1.165) is 0 Å². The Labute approximate surface area is 218 Å². The number of amides is 1. The number of hydrogen-bond acceptors (Lipinski definition) is 6. The zero-order valence-electron chi connectivity index (χ0n) is 20.0. The number of carbonyl (C=O) groups is 2. The second-order valence-corrected chi connectivity index (χ2v) is 8.83. The van der Waals surface area contributed by atoms with Crippen molar-refractivity contribution in [3.63, 3.8) is 0 Å². The molecule has 0 radical (unpaired) electrons. The zero-order valence-corrected chi connectivity index (χ0v) is 21.5. The van der Waals surface area contributed by atoms with Crippen LogP contribution in [0.15, 0.2) is 60.2 Å². The van der Waals surface area contributed by atoms with Crippen molar-refractivity contribution in [3.8, 4) is 17.2 Å². The molecule has 1 saturated heterocycles. The Hall–Kier alpha value is -3.68. The number of anilines is 1. The molecule has 7 nitrogen and oxygen atoms in total. The summed E-state index contributed by atoms with van der Waals surface area (Å²) in [6, 6.07) is 13.7. The Morgan fingerprint density at radius 3 is 2.28 bits per heavy atom. The first-order valence-corrected chi connectivity index (χ1v) is 11.6. The summed E-state index contributed by atoms with van der Waals surface area (Å²) in [5.74, 6) is -0.843. The summed E-state index contributed by atoms with van der Waals surface area (Å²) in [5.41, 5.74) is 1.56. The smallest absolute Gasteiger partial charge is 0.300 e. The highest BCUT2D eigenvalue weighted by molar-refractivity contribution is 6.52. The van der Waals surface area contributed by atoms with Crippen molar-refractivity contribution >= 4 is 46.3 Å².